The molecule has 0 fully saturated rings. The number of pyridine rings is 1. The number of aromatic amines is 1. The van der Waals surface area contributed by atoms with Gasteiger partial charge >= 0.3 is 0 Å². The predicted molar refractivity (Wildman–Crippen MR) is 103 cm³/mol. The lowest BCUT2D eigenvalue weighted by atomic mass is 10.1. The standard InChI is InChI=1S/C18H17N7OS/c1-11(2)15-5-14(3-4-19-15)25-9-13(8-22-25)23-17(26)16-10-27-18(24-16)12-6-20-21-7-12/h3-11H,1-2H3,(H,20,21)(H,23,26). The minimum absolute atomic E-state index is 0.279. The van der Waals surface area contributed by atoms with Gasteiger partial charge in [-0.3, -0.25) is 14.9 Å². The summed E-state index contributed by atoms with van der Waals surface area (Å²) in [6, 6.07) is 3.86. The van der Waals surface area contributed by atoms with Gasteiger partial charge in [-0.15, -0.1) is 11.3 Å². The van der Waals surface area contributed by atoms with Crippen LogP contribution in [0.2, 0.25) is 0 Å². The first-order valence-electron chi connectivity index (χ1n) is 8.37. The van der Waals surface area contributed by atoms with E-state index in [4.69, 9.17) is 0 Å². The third-order valence-corrected chi connectivity index (χ3v) is 4.83. The van der Waals surface area contributed by atoms with Crippen molar-refractivity contribution >= 4 is 22.9 Å². The third kappa shape index (κ3) is 3.63. The molecule has 1 amide bonds. The zero-order valence-corrected chi connectivity index (χ0v) is 15.6. The summed E-state index contributed by atoms with van der Waals surface area (Å²) < 4.78 is 1.71. The Morgan fingerprint density at radius 3 is 3.00 bits per heavy atom. The van der Waals surface area contributed by atoms with E-state index >= 15 is 0 Å². The maximum absolute atomic E-state index is 12.4. The van der Waals surface area contributed by atoms with Gasteiger partial charge in [0.05, 0.1) is 30.0 Å². The first-order valence-corrected chi connectivity index (χ1v) is 9.25. The molecule has 0 unspecified atom stereocenters. The molecule has 4 aromatic heterocycles. The lowest BCUT2D eigenvalue weighted by Crippen LogP contribution is -2.11. The van der Waals surface area contributed by atoms with Gasteiger partial charge in [-0.2, -0.15) is 10.2 Å². The monoisotopic (exact) mass is 379 g/mol. The van der Waals surface area contributed by atoms with Crippen LogP contribution < -0.4 is 5.32 Å². The van der Waals surface area contributed by atoms with Crippen LogP contribution in [0.5, 0.6) is 0 Å². The number of carbonyl (C=O) groups is 1. The van der Waals surface area contributed by atoms with Gasteiger partial charge in [0.1, 0.15) is 10.7 Å². The van der Waals surface area contributed by atoms with Crippen molar-refractivity contribution in [3.05, 3.63) is 59.9 Å². The third-order valence-electron chi connectivity index (χ3n) is 3.94. The Morgan fingerprint density at radius 1 is 1.33 bits per heavy atom. The summed E-state index contributed by atoms with van der Waals surface area (Å²) in [6.45, 7) is 4.18. The number of aromatic nitrogens is 6. The fourth-order valence-electron chi connectivity index (χ4n) is 2.50. The Kier molecular flexibility index (Phi) is 4.51. The molecule has 2 N–H and O–H groups in total. The van der Waals surface area contributed by atoms with E-state index in [2.05, 4.69) is 44.4 Å². The molecule has 0 saturated carbocycles. The van der Waals surface area contributed by atoms with Crippen LogP contribution >= 0.6 is 11.3 Å². The highest BCUT2D eigenvalue weighted by Crippen LogP contribution is 2.23. The summed E-state index contributed by atoms with van der Waals surface area (Å²) in [6.07, 6.45) is 8.55. The molecule has 4 rings (SSSR count). The maximum atomic E-state index is 12.4. The van der Waals surface area contributed by atoms with Gasteiger partial charge in [-0.05, 0) is 18.1 Å². The number of nitrogens with zero attached hydrogens (tertiary/aromatic N) is 5. The SMILES string of the molecule is CC(C)c1cc(-n2cc(NC(=O)c3csc(-c4cn[nH]c4)n3)cn2)ccn1. The summed E-state index contributed by atoms with van der Waals surface area (Å²) in [5, 5.41) is 16.2. The van der Waals surface area contributed by atoms with Crippen molar-refractivity contribution in [1.29, 1.82) is 0 Å². The Hall–Kier alpha value is -3.33. The van der Waals surface area contributed by atoms with Gasteiger partial charge in [0.25, 0.3) is 5.91 Å². The second kappa shape index (κ2) is 7.12. The molecule has 8 nitrogen and oxygen atoms in total. The highest BCUT2D eigenvalue weighted by molar-refractivity contribution is 7.13. The molecular weight excluding hydrogens is 362 g/mol. The fourth-order valence-corrected chi connectivity index (χ4v) is 3.28. The number of carbonyl (C=O) groups excluding carboxylic acids is 1. The minimum atomic E-state index is -0.279. The predicted octanol–water partition coefficient (Wildman–Crippen LogP) is 3.49. The van der Waals surface area contributed by atoms with Gasteiger partial charge in [0.2, 0.25) is 0 Å². The molecule has 4 aromatic rings. The van der Waals surface area contributed by atoms with Crippen LogP contribution in [0.3, 0.4) is 0 Å². The molecule has 0 bridgehead atoms. The molecule has 0 aliphatic carbocycles. The Balaban J connectivity index is 1.49. The van der Waals surface area contributed by atoms with Crippen LogP contribution in [0.4, 0.5) is 5.69 Å². The number of rotatable bonds is 5. The van der Waals surface area contributed by atoms with Gasteiger partial charge < -0.3 is 5.32 Å². The maximum Gasteiger partial charge on any atom is 0.275 e. The molecule has 4 heterocycles. The smallest absolute Gasteiger partial charge is 0.275 e. The van der Waals surface area contributed by atoms with E-state index in [1.54, 1.807) is 41.0 Å². The average Bonchev–Trinajstić information content (AvgIpc) is 3.42. The molecule has 0 aliphatic heterocycles. The molecule has 27 heavy (non-hydrogen) atoms. The van der Waals surface area contributed by atoms with Gasteiger partial charge in [-0.25, -0.2) is 9.67 Å². The van der Waals surface area contributed by atoms with Crippen molar-refractivity contribution in [2.45, 2.75) is 19.8 Å². The number of anilines is 1. The van der Waals surface area contributed by atoms with E-state index in [-0.39, 0.29) is 5.91 Å². The van der Waals surface area contributed by atoms with Crippen LogP contribution in [0.15, 0.2) is 48.5 Å². The van der Waals surface area contributed by atoms with Crippen molar-refractivity contribution < 1.29 is 4.79 Å². The zero-order valence-electron chi connectivity index (χ0n) is 14.7. The largest absolute Gasteiger partial charge is 0.318 e. The van der Waals surface area contributed by atoms with E-state index in [0.29, 0.717) is 17.3 Å². The van der Waals surface area contributed by atoms with Crippen LogP contribution in [-0.2, 0) is 0 Å². The van der Waals surface area contributed by atoms with Gasteiger partial charge in [0, 0.05) is 29.0 Å². The summed E-state index contributed by atoms with van der Waals surface area (Å²) >= 11 is 1.39. The summed E-state index contributed by atoms with van der Waals surface area (Å²) in [7, 11) is 0. The molecule has 0 aliphatic rings. The number of amides is 1. The Morgan fingerprint density at radius 2 is 2.22 bits per heavy atom. The zero-order chi connectivity index (χ0) is 18.8. The van der Waals surface area contributed by atoms with Crippen LogP contribution in [0.25, 0.3) is 16.3 Å². The normalized spacial score (nSPS) is 11.1. The Bertz CT molecular complexity index is 1070. The van der Waals surface area contributed by atoms with Crippen molar-refractivity contribution in [1.82, 2.24) is 29.9 Å². The minimum Gasteiger partial charge on any atom is -0.318 e. The lowest BCUT2D eigenvalue weighted by Gasteiger charge is -2.06. The van der Waals surface area contributed by atoms with Gasteiger partial charge in [-0.1, -0.05) is 13.8 Å². The van der Waals surface area contributed by atoms with E-state index in [1.807, 2.05) is 12.1 Å². The first-order chi connectivity index (χ1) is 13.1. The summed E-state index contributed by atoms with van der Waals surface area (Å²) in [4.78, 5) is 21.2. The lowest BCUT2D eigenvalue weighted by molar-refractivity contribution is 0.102. The van der Waals surface area contributed by atoms with Gasteiger partial charge in [0.15, 0.2) is 0 Å². The van der Waals surface area contributed by atoms with Crippen LogP contribution in [0, 0.1) is 0 Å². The first kappa shape index (κ1) is 17.1. The van der Waals surface area contributed by atoms with E-state index in [9.17, 15) is 4.79 Å². The quantitative estimate of drug-likeness (QED) is 0.553. The highest BCUT2D eigenvalue weighted by Gasteiger charge is 2.14. The van der Waals surface area contributed by atoms with E-state index < -0.39 is 0 Å². The summed E-state index contributed by atoms with van der Waals surface area (Å²) in [5.74, 6) is 0.0481. The molecular formula is C18H17N7OS. The Labute approximate surface area is 159 Å². The molecule has 0 aromatic carbocycles. The molecule has 9 heteroatoms. The van der Waals surface area contributed by atoms with E-state index in [1.165, 1.54) is 11.3 Å². The van der Waals surface area contributed by atoms with Crippen LogP contribution in [-0.4, -0.2) is 35.9 Å². The molecule has 136 valence electrons. The van der Waals surface area contributed by atoms with Crippen molar-refractivity contribution in [3.63, 3.8) is 0 Å². The van der Waals surface area contributed by atoms with Crippen LogP contribution in [0.1, 0.15) is 35.9 Å². The second-order valence-corrected chi connectivity index (χ2v) is 7.10. The second-order valence-electron chi connectivity index (χ2n) is 6.25. The molecule has 0 atom stereocenters. The van der Waals surface area contributed by atoms with E-state index in [0.717, 1.165) is 22.0 Å². The number of nitrogens with one attached hydrogen (secondary N) is 2. The van der Waals surface area contributed by atoms with Crippen molar-refractivity contribution in [3.8, 4) is 16.3 Å². The topological polar surface area (TPSA) is 101 Å². The molecule has 0 radical (unpaired) electrons. The fraction of sp³-hybridized carbons (Fsp3) is 0.167. The average molecular weight is 379 g/mol. The number of H-pyrrole nitrogens is 1. The van der Waals surface area contributed by atoms with Crippen molar-refractivity contribution in [2.75, 3.05) is 5.32 Å². The number of thiazole rings is 1. The highest BCUT2D eigenvalue weighted by atomic mass is 32.1. The molecule has 0 saturated heterocycles. The molecule has 0 spiro atoms. The van der Waals surface area contributed by atoms with Crippen molar-refractivity contribution in [2.24, 2.45) is 0 Å². The number of hydrogen-bond donors (Lipinski definition) is 2. The summed E-state index contributed by atoms with van der Waals surface area (Å²) in [5.41, 5.74) is 3.69. The number of hydrogen-bond acceptors (Lipinski definition) is 6.